The molecule has 26 heavy (non-hydrogen) atoms. The van der Waals surface area contributed by atoms with Crippen molar-refractivity contribution < 1.29 is 4.79 Å². The molecule has 1 aliphatic heterocycles. The van der Waals surface area contributed by atoms with Gasteiger partial charge in [-0.2, -0.15) is 0 Å². The molecule has 2 nitrogen and oxygen atoms in total. The zero-order valence-electron chi connectivity index (χ0n) is 14.8. The number of allylic oxidation sites excluding steroid dienone is 1. The lowest BCUT2D eigenvalue weighted by atomic mass is 9.89. The molecule has 0 fully saturated rings. The summed E-state index contributed by atoms with van der Waals surface area (Å²) in [5.74, 6) is 0.227. The van der Waals surface area contributed by atoms with Gasteiger partial charge < -0.3 is 0 Å². The van der Waals surface area contributed by atoms with E-state index in [-0.39, 0.29) is 11.8 Å². The lowest BCUT2D eigenvalue weighted by molar-refractivity contribution is -0.118. The number of aryl methyl sites for hydroxylation is 1. The van der Waals surface area contributed by atoms with Crippen molar-refractivity contribution in [1.82, 2.24) is 0 Å². The molecule has 128 valence electrons. The molecule has 0 aromatic heterocycles. The molecular formula is C24H21NO. The zero-order valence-corrected chi connectivity index (χ0v) is 14.8. The maximum Gasteiger partial charge on any atom is 0.232 e. The maximum absolute atomic E-state index is 13.1. The zero-order chi connectivity index (χ0) is 17.9. The molecule has 1 heterocycles. The van der Waals surface area contributed by atoms with E-state index < -0.39 is 0 Å². The van der Waals surface area contributed by atoms with Gasteiger partial charge in [0.1, 0.15) is 0 Å². The second-order valence-corrected chi connectivity index (χ2v) is 6.70. The standard InChI is InChI=1S/C24H21NO/c1-18-12-14-22(15-13-18)25-23(20-10-6-3-7-11-20)16-21(17-24(25)26)19-8-4-2-5-9-19/h2-16,21H,17H2,1H3. The highest BCUT2D eigenvalue weighted by Gasteiger charge is 2.30. The number of nitrogens with zero attached hydrogens (tertiary/aromatic N) is 1. The topological polar surface area (TPSA) is 20.3 Å². The van der Waals surface area contributed by atoms with Gasteiger partial charge in [0.15, 0.2) is 0 Å². The molecule has 0 aliphatic carbocycles. The van der Waals surface area contributed by atoms with E-state index in [1.165, 1.54) is 11.1 Å². The first-order valence-electron chi connectivity index (χ1n) is 8.94. The largest absolute Gasteiger partial charge is 0.281 e. The van der Waals surface area contributed by atoms with Gasteiger partial charge in [0.05, 0.1) is 5.70 Å². The van der Waals surface area contributed by atoms with Crippen LogP contribution in [0, 0.1) is 6.92 Å². The first-order valence-corrected chi connectivity index (χ1v) is 8.94. The average Bonchev–Trinajstić information content (AvgIpc) is 2.70. The molecule has 0 N–H and O–H groups in total. The van der Waals surface area contributed by atoms with Crippen molar-refractivity contribution in [3.8, 4) is 0 Å². The van der Waals surface area contributed by atoms with Gasteiger partial charge in [-0.1, -0.05) is 84.4 Å². The normalized spacial score (nSPS) is 17.1. The van der Waals surface area contributed by atoms with Gasteiger partial charge in [-0.05, 0) is 30.2 Å². The molecule has 1 unspecified atom stereocenters. The molecule has 3 aromatic carbocycles. The van der Waals surface area contributed by atoms with E-state index in [4.69, 9.17) is 0 Å². The quantitative estimate of drug-likeness (QED) is 0.612. The average molecular weight is 339 g/mol. The third-order valence-corrected chi connectivity index (χ3v) is 4.83. The number of rotatable bonds is 3. The molecule has 3 aromatic rings. The number of amides is 1. The van der Waals surface area contributed by atoms with Crippen molar-refractivity contribution in [2.24, 2.45) is 0 Å². The molecule has 2 heteroatoms. The van der Waals surface area contributed by atoms with Crippen molar-refractivity contribution in [2.45, 2.75) is 19.3 Å². The number of carbonyl (C=O) groups is 1. The molecule has 0 spiro atoms. The minimum absolute atomic E-state index is 0.0978. The van der Waals surface area contributed by atoms with Gasteiger partial charge in [0.2, 0.25) is 5.91 Å². The highest BCUT2D eigenvalue weighted by molar-refractivity contribution is 6.08. The first-order chi connectivity index (χ1) is 12.7. The van der Waals surface area contributed by atoms with Gasteiger partial charge in [0, 0.05) is 18.0 Å². The summed E-state index contributed by atoms with van der Waals surface area (Å²) in [6.07, 6.45) is 2.71. The van der Waals surface area contributed by atoms with Gasteiger partial charge >= 0.3 is 0 Å². The number of hydrogen-bond acceptors (Lipinski definition) is 1. The molecule has 4 rings (SSSR count). The molecule has 1 aliphatic rings. The van der Waals surface area contributed by atoms with Crippen LogP contribution in [0.25, 0.3) is 5.70 Å². The van der Waals surface area contributed by atoms with Crippen molar-refractivity contribution in [2.75, 3.05) is 4.90 Å². The third-order valence-electron chi connectivity index (χ3n) is 4.83. The van der Waals surface area contributed by atoms with Crippen LogP contribution < -0.4 is 4.90 Å². The van der Waals surface area contributed by atoms with Crippen LogP contribution in [-0.2, 0) is 4.79 Å². The molecule has 1 atom stereocenters. The van der Waals surface area contributed by atoms with E-state index in [9.17, 15) is 4.79 Å². The van der Waals surface area contributed by atoms with E-state index in [0.29, 0.717) is 6.42 Å². The smallest absolute Gasteiger partial charge is 0.232 e. The number of anilines is 1. The molecule has 1 amide bonds. The fourth-order valence-electron chi connectivity index (χ4n) is 3.46. The van der Waals surface area contributed by atoms with Crippen LogP contribution in [0.15, 0.2) is 91.0 Å². The van der Waals surface area contributed by atoms with Gasteiger partial charge in [-0.3, -0.25) is 9.69 Å². The van der Waals surface area contributed by atoms with E-state index in [1.807, 2.05) is 53.4 Å². The minimum atomic E-state index is 0.0978. The third kappa shape index (κ3) is 3.18. The van der Waals surface area contributed by atoms with Crippen molar-refractivity contribution in [1.29, 1.82) is 0 Å². The highest BCUT2D eigenvalue weighted by Crippen LogP contribution is 2.37. The van der Waals surface area contributed by atoms with Crippen molar-refractivity contribution >= 4 is 17.3 Å². The lowest BCUT2D eigenvalue weighted by Crippen LogP contribution is -2.34. The Labute approximate surface area is 154 Å². The highest BCUT2D eigenvalue weighted by atomic mass is 16.2. The Morgan fingerprint density at radius 1 is 0.808 bits per heavy atom. The summed E-state index contributed by atoms with van der Waals surface area (Å²) < 4.78 is 0. The van der Waals surface area contributed by atoms with E-state index >= 15 is 0 Å². The molecule has 0 saturated heterocycles. The first kappa shape index (κ1) is 16.3. The number of carbonyl (C=O) groups excluding carboxylic acids is 1. The monoisotopic (exact) mass is 339 g/mol. The predicted molar refractivity (Wildman–Crippen MR) is 107 cm³/mol. The van der Waals surface area contributed by atoms with Crippen LogP contribution in [0.5, 0.6) is 0 Å². The van der Waals surface area contributed by atoms with E-state index in [1.54, 1.807) is 0 Å². The Bertz CT molecular complexity index is 927. The second-order valence-electron chi connectivity index (χ2n) is 6.70. The summed E-state index contributed by atoms with van der Waals surface area (Å²) >= 11 is 0. The Hall–Kier alpha value is -3.13. The van der Waals surface area contributed by atoms with Crippen LogP contribution in [0.4, 0.5) is 5.69 Å². The number of hydrogen-bond donors (Lipinski definition) is 0. The van der Waals surface area contributed by atoms with Gasteiger partial charge in [-0.25, -0.2) is 0 Å². The fourth-order valence-corrected chi connectivity index (χ4v) is 3.46. The van der Waals surface area contributed by atoms with Crippen LogP contribution in [0.1, 0.15) is 29.0 Å². The lowest BCUT2D eigenvalue weighted by Gasteiger charge is -2.33. The summed E-state index contributed by atoms with van der Waals surface area (Å²) in [5.41, 5.74) is 5.30. The molecule has 0 bridgehead atoms. The summed E-state index contributed by atoms with van der Waals surface area (Å²) in [6.45, 7) is 2.06. The Morgan fingerprint density at radius 3 is 2.08 bits per heavy atom. The predicted octanol–water partition coefficient (Wildman–Crippen LogP) is 5.56. The molecule has 0 radical (unpaired) electrons. The van der Waals surface area contributed by atoms with E-state index in [0.717, 1.165) is 16.9 Å². The van der Waals surface area contributed by atoms with Gasteiger partial charge in [0.25, 0.3) is 0 Å². The Kier molecular flexibility index (Phi) is 4.40. The van der Waals surface area contributed by atoms with E-state index in [2.05, 4.69) is 49.4 Å². The fraction of sp³-hybridized carbons (Fsp3) is 0.125. The Balaban J connectivity index is 1.83. The summed E-state index contributed by atoms with van der Waals surface area (Å²) in [6, 6.07) is 28.6. The van der Waals surface area contributed by atoms with Crippen LogP contribution in [0.2, 0.25) is 0 Å². The van der Waals surface area contributed by atoms with Crippen LogP contribution in [0.3, 0.4) is 0 Å². The summed E-state index contributed by atoms with van der Waals surface area (Å²) in [7, 11) is 0. The van der Waals surface area contributed by atoms with Crippen LogP contribution >= 0.6 is 0 Å². The molecular weight excluding hydrogens is 318 g/mol. The number of benzene rings is 3. The maximum atomic E-state index is 13.1. The molecule has 0 saturated carbocycles. The van der Waals surface area contributed by atoms with Crippen molar-refractivity contribution in [3.63, 3.8) is 0 Å². The van der Waals surface area contributed by atoms with Crippen molar-refractivity contribution in [3.05, 3.63) is 108 Å². The summed E-state index contributed by atoms with van der Waals surface area (Å²) in [4.78, 5) is 15.0. The van der Waals surface area contributed by atoms with Crippen LogP contribution in [-0.4, -0.2) is 5.91 Å². The van der Waals surface area contributed by atoms with Gasteiger partial charge in [-0.15, -0.1) is 0 Å². The minimum Gasteiger partial charge on any atom is -0.281 e. The summed E-state index contributed by atoms with van der Waals surface area (Å²) in [5, 5.41) is 0. The SMILES string of the molecule is Cc1ccc(N2C(=O)CC(c3ccccc3)C=C2c2ccccc2)cc1. The Morgan fingerprint density at radius 2 is 1.42 bits per heavy atom. The second kappa shape index (κ2) is 7.01.